The Kier molecular flexibility index (Phi) is 4.53. The Bertz CT molecular complexity index is 607. The minimum absolute atomic E-state index is 0.153. The predicted molar refractivity (Wildman–Crippen MR) is 80.1 cm³/mol. The lowest BCUT2D eigenvalue weighted by Crippen LogP contribution is -2.42. The lowest BCUT2D eigenvalue weighted by molar-refractivity contribution is -0.139. The van der Waals surface area contributed by atoms with E-state index < -0.39 is 0 Å². The first-order valence-corrected chi connectivity index (χ1v) is 7.59. The fourth-order valence-corrected chi connectivity index (χ4v) is 2.63. The number of amides is 1. The number of rotatable bonds is 5. The Morgan fingerprint density at radius 3 is 3.18 bits per heavy atom. The van der Waals surface area contributed by atoms with Crippen molar-refractivity contribution in [3.63, 3.8) is 0 Å². The van der Waals surface area contributed by atoms with Crippen molar-refractivity contribution in [3.8, 4) is 0 Å². The number of H-pyrrole nitrogens is 1. The summed E-state index contributed by atoms with van der Waals surface area (Å²) in [4.78, 5) is 25.7. The molecule has 0 saturated carbocycles. The van der Waals surface area contributed by atoms with Crippen molar-refractivity contribution < 1.29 is 9.53 Å². The number of nitrogens with zero attached hydrogens (tertiary/aromatic N) is 4. The molecule has 2 aromatic heterocycles. The molecule has 0 bridgehead atoms. The zero-order chi connectivity index (χ0) is 15.4. The smallest absolute Gasteiger partial charge is 0.222 e. The Balaban J connectivity index is 1.49. The Labute approximate surface area is 129 Å². The number of hydrogen-bond donors (Lipinski definition) is 1. The molecule has 3 heterocycles. The molecule has 1 N–H and O–H groups in total. The molecule has 0 spiro atoms. The summed E-state index contributed by atoms with van der Waals surface area (Å²) >= 11 is 0. The summed E-state index contributed by atoms with van der Waals surface area (Å²) in [5, 5.41) is 0. The number of ether oxygens (including phenoxy) is 1. The maximum atomic E-state index is 12.3. The summed E-state index contributed by atoms with van der Waals surface area (Å²) in [7, 11) is 0. The minimum atomic E-state index is -0.153. The van der Waals surface area contributed by atoms with Crippen LogP contribution in [-0.2, 0) is 16.1 Å². The van der Waals surface area contributed by atoms with Crippen LogP contribution >= 0.6 is 0 Å². The number of imidazole rings is 2. The first-order valence-electron chi connectivity index (χ1n) is 7.59. The van der Waals surface area contributed by atoms with E-state index in [9.17, 15) is 4.79 Å². The van der Waals surface area contributed by atoms with Crippen LogP contribution in [0.3, 0.4) is 0 Å². The summed E-state index contributed by atoms with van der Waals surface area (Å²) < 4.78 is 7.71. The van der Waals surface area contributed by atoms with Gasteiger partial charge in [0.25, 0.3) is 0 Å². The second-order valence-corrected chi connectivity index (χ2v) is 5.55. The fourth-order valence-electron chi connectivity index (χ4n) is 2.63. The molecule has 0 aromatic carbocycles. The van der Waals surface area contributed by atoms with Gasteiger partial charge in [-0.3, -0.25) is 4.79 Å². The van der Waals surface area contributed by atoms with Gasteiger partial charge in [0.1, 0.15) is 11.9 Å². The van der Waals surface area contributed by atoms with E-state index in [0.29, 0.717) is 26.1 Å². The van der Waals surface area contributed by atoms with E-state index in [1.807, 2.05) is 22.6 Å². The van der Waals surface area contributed by atoms with Crippen LogP contribution in [-0.4, -0.2) is 50.0 Å². The van der Waals surface area contributed by atoms with E-state index in [4.69, 9.17) is 4.74 Å². The van der Waals surface area contributed by atoms with Crippen LogP contribution in [0.1, 0.15) is 30.5 Å². The van der Waals surface area contributed by atoms with Crippen molar-refractivity contribution in [3.05, 3.63) is 36.4 Å². The molecule has 2 aromatic rings. The lowest BCUT2D eigenvalue weighted by atomic mass is 10.2. The zero-order valence-corrected chi connectivity index (χ0v) is 12.7. The SMILES string of the molecule is Cc1cnc([C@H]2CN(C(=O)CCCn3ccnc3)CCO2)[nH]1. The van der Waals surface area contributed by atoms with Gasteiger partial charge in [-0.2, -0.15) is 0 Å². The van der Waals surface area contributed by atoms with E-state index in [0.717, 1.165) is 24.5 Å². The highest BCUT2D eigenvalue weighted by Crippen LogP contribution is 2.20. The number of carbonyl (C=O) groups is 1. The van der Waals surface area contributed by atoms with Gasteiger partial charge in [0, 0.05) is 43.8 Å². The third kappa shape index (κ3) is 3.54. The molecule has 0 radical (unpaired) electrons. The Hall–Kier alpha value is -2.15. The van der Waals surface area contributed by atoms with Crippen molar-refractivity contribution in [1.29, 1.82) is 0 Å². The van der Waals surface area contributed by atoms with Crippen LogP contribution in [0.5, 0.6) is 0 Å². The molecule has 7 heteroatoms. The van der Waals surface area contributed by atoms with Crippen LogP contribution in [0.4, 0.5) is 0 Å². The number of aromatic nitrogens is 4. The number of aryl methyl sites for hydroxylation is 2. The van der Waals surface area contributed by atoms with Gasteiger partial charge in [-0.15, -0.1) is 0 Å². The third-order valence-electron chi connectivity index (χ3n) is 3.81. The summed E-state index contributed by atoms with van der Waals surface area (Å²) in [6, 6.07) is 0. The molecule has 3 rings (SSSR count). The third-order valence-corrected chi connectivity index (χ3v) is 3.81. The molecule has 7 nitrogen and oxygen atoms in total. The van der Waals surface area contributed by atoms with Gasteiger partial charge >= 0.3 is 0 Å². The van der Waals surface area contributed by atoms with E-state index in [1.54, 1.807) is 18.7 Å². The van der Waals surface area contributed by atoms with Crippen molar-refractivity contribution in [2.24, 2.45) is 0 Å². The van der Waals surface area contributed by atoms with Gasteiger partial charge in [0.05, 0.1) is 19.5 Å². The first kappa shape index (κ1) is 14.8. The molecule has 1 fully saturated rings. The van der Waals surface area contributed by atoms with E-state index in [1.165, 1.54) is 0 Å². The Morgan fingerprint density at radius 2 is 2.45 bits per heavy atom. The van der Waals surface area contributed by atoms with Crippen LogP contribution in [0.25, 0.3) is 0 Å². The standard InChI is InChI=1S/C15H21N5O2/c1-12-9-17-15(18-12)13-10-20(7-8-22-13)14(21)3-2-5-19-6-4-16-11-19/h4,6,9,11,13H,2-3,5,7-8,10H2,1H3,(H,17,18)/t13-/m1/s1. The second-order valence-electron chi connectivity index (χ2n) is 5.55. The monoisotopic (exact) mass is 303 g/mol. The molecule has 1 saturated heterocycles. The molecule has 1 atom stereocenters. The van der Waals surface area contributed by atoms with Crippen molar-refractivity contribution >= 4 is 5.91 Å². The predicted octanol–water partition coefficient (Wildman–Crippen LogP) is 1.29. The molecule has 1 aliphatic rings. The highest BCUT2D eigenvalue weighted by molar-refractivity contribution is 5.76. The van der Waals surface area contributed by atoms with E-state index in [2.05, 4.69) is 15.0 Å². The zero-order valence-electron chi connectivity index (χ0n) is 12.7. The van der Waals surface area contributed by atoms with Gasteiger partial charge in [-0.1, -0.05) is 0 Å². The largest absolute Gasteiger partial charge is 0.367 e. The molecule has 0 unspecified atom stereocenters. The molecular formula is C15H21N5O2. The minimum Gasteiger partial charge on any atom is -0.367 e. The van der Waals surface area contributed by atoms with Crippen LogP contribution in [0.2, 0.25) is 0 Å². The second kappa shape index (κ2) is 6.74. The molecule has 1 amide bonds. The topological polar surface area (TPSA) is 76.0 Å². The molecule has 118 valence electrons. The van der Waals surface area contributed by atoms with Crippen LogP contribution in [0, 0.1) is 6.92 Å². The average Bonchev–Trinajstić information content (AvgIpc) is 3.19. The number of carbonyl (C=O) groups excluding carboxylic acids is 1. The van der Waals surface area contributed by atoms with E-state index >= 15 is 0 Å². The van der Waals surface area contributed by atoms with Crippen LogP contribution < -0.4 is 0 Å². The summed E-state index contributed by atoms with van der Waals surface area (Å²) in [6.45, 7) is 4.55. The number of nitrogens with one attached hydrogen (secondary N) is 1. The number of morpholine rings is 1. The first-order chi connectivity index (χ1) is 10.7. The average molecular weight is 303 g/mol. The normalized spacial score (nSPS) is 18.6. The van der Waals surface area contributed by atoms with E-state index in [-0.39, 0.29) is 12.0 Å². The summed E-state index contributed by atoms with van der Waals surface area (Å²) in [5.74, 6) is 0.977. The van der Waals surface area contributed by atoms with Gasteiger partial charge in [0.15, 0.2) is 0 Å². The molecule has 22 heavy (non-hydrogen) atoms. The maximum absolute atomic E-state index is 12.3. The maximum Gasteiger partial charge on any atom is 0.222 e. The Morgan fingerprint density at radius 1 is 1.55 bits per heavy atom. The highest BCUT2D eigenvalue weighted by Gasteiger charge is 2.26. The van der Waals surface area contributed by atoms with Gasteiger partial charge in [-0.25, -0.2) is 9.97 Å². The summed E-state index contributed by atoms with van der Waals surface area (Å²) in [5.41, 5.74) is 1.00. The van der Waals surface area contributed by atoms with Crippen molar-refractivity contribution in [1.82, 2.24) is 24.4 Å². The number of aromatic amines is 1. The quantitative estimate of drug-likeness (QED) is 0.903. The van der Waals surface area contributed by atoms with Gasteiger partial charge < -0.3 is 19.2 Å². The van der Waals surface area contributed by atoms with Crippen molar-refractivity contribution in [2.45, 2.75) is 32.4 Å². The fraction of sp³-hybridized carbons (Fsp3) is 0.533. The lowest BCUT2D eigenvalue weighted by Gasteiger charge is -2.32. The highest BCUT2D eigenvalue weighted by atomic mass is 16.5. The van der Waals surface area contributed by atoms with Crippen LogP contribution in [0.15, 0.2) is 24.9 Å². The van der Waals surface area contributed by atoms with Gasteiger partial charge in [0.2, 0.25) is 5.91 Å². The van der Waals surface area contributed by atoms with Gasteiger partial charge in [-0.05, 0) is 13.3 Å². The molecular weight excluding hydrogens is 282 g/mol. The number of hydrogen-bond acceptors (Lipinski definition) is 4. The molecule has 0 aliphatic carbocycles. The summed E-state index contributed by atoms with van der Waals surface area (Å²) in [6.07, 6.45) is 8.42. The van der Waals surface area contributed by atoms with Crippen molar-refractivity contribution in [2.75, 3.05) is 19.7 Å². The molecule has 1 aliphatic heterocycles.